The quantitative estimate of drug-likeness (QED) is 0.633. The van der Waals surface area contributed by atoms with Gasteiger partial charge in [0.25, 0.3) is 0 Å². The van der Waals surface area contributed by atoms with Gasteiger partial charge >= 0.3 is 0 Å². The summed E-state index contributed by atoms with van der Waals surface area (Å²) in [6.45, 7) is 1.88. The van der Waals surface area contributed by atoms with Crippen LogP contribution in [0.25, 0.3) is 0 Å². The summed E-state index contributed by atoms with van der Waals surface area (Å²) in [5, 5.41) is 2.67. The summed E-state index contributed by atoms with van der Waals surface area (Å²) < 4.78 is 14.5. The first-order valence-electron chi connectivity index (χ1n) is 10.6. The van der Waals surface area contributed by atoms with Crippen LogP contribution in [0.4, 0.5) is 15.8 Å². The average molecular weight is 427 g/mol. The third-order valence-corrected chi connectivity index (χ3v) is 7.15. The molecule has 30 heavy (non-hydrogen) atoms. The Bertz CT molecular complexity index is 943. The van der Waals surface area contributed by atoms with Gasteiger partial charge in [-0.15, -0.1) is 11.8 Å². The number of hydrogen-bond acceptors (Lipinski definition) is 3. The topological polar surface area (TPSA) is 49.4 Å². The van der Waals surface area contributed by atoms with Crippen LogP contribution in [-0.2, 0) is 9.59 Å². The third kappa shape index (κ3) is 4.69. The van der Waals surface area contributed by atoms with Gasteiger partial charge in [0.2, 0.25) is 11.8 Å². The third-order valence-electron chi connectivity index (χ3n) is 5.94. The van der Waals surface area contributed by atoms with E-state index in [2.05, 4.69) is 5.32 Å². The van der Waals surface area contributed by atoms with E-state index in [1.54, 1.807) is 12.1 Å². The predicted molar refractivity (Wildman–Crippen MR) is 120 cm³/mol. The minimum absolute atomic E-state index is 0.0239. The average Bonchev–Trinajstić information content (AvgIpc) is 3.38. The highest BCUT2D eigenvalue weighted by atomic mass is 32.2. The molecule has 0 bridgehead atoms. The number of nitrogens with zero attached hydrogens (tertiary/aromatic N) is 1. The van der Waals surface area contributed by atoms with Gasteiger partial charge in [-0.1, -0.05) is 43.9 Å². The van der Waals surface area contributed by atoms with Crippen LogP contribution in [0.15, 0.2) is 42.5 Å². The molecular formula is C24H27FN2O2S. The number of rotatable bonds is 6. The molecule has 0 spiro atoms. The summed E-state index contributed by atoms with van der Waals surface area (Å²) in [5.41, 5.74) is 2.80. The highest BCUT2D eigenvalue weighted by Gasteiger charge is 2.35. The van der Waals surface area contributed by atoms with Crippen LogP contribution in [-0.4, -0.2) is 17.6 Å². The molecule has 4 rings (SSSR count). The van der Waals surface area contributed by atoms with Crippen molar-refractivity contribution in [1.29, 1.82) is 0 Å². The summed E-state index contributed by atoms with van der Waals surface area (Å²) >= 11 is 1.47. The van der Waals surface area contributed by atoms with Crippen molar-refractivity contribution in [3.63, 3.8) is 0 Å². The molecule has 1 unspecified atom stereocenters. The molecule has 2 aromatic carbocycles. The number of nitrogens with one attached hydrogen (secondary N) is 1. The van der Waals surface area contributed by atoms with Crippen LogP contribution >= 0.6 is 11.8 Å². The van der Waals surface area contributed by atoms with E-state index in [1.807, 2.05) is 31.2 Å². The second-order valence-corrected chi connectivity index (χ2v) is 9.31. The van der Waals surface area contributed by atoms with Gasteiger partial charge in [0.1, 0.15) is 11.2 Å². The second-order valence-electron chi connectivity index (χ2n) is 8.24. The molecule has 1 N–H and O–H groups in total. The Balaban J connectivity index is 1.48. The summed E-state index contributed by atoms with van der Waals surface area (Å²) in [6.07, 6.45) is 6.52. The largest absolute Gasteiger partial charge is 0.326 e. The molecule has 1 saturated heterocycles. The first-order valence-corrected chi connectivity index (χ1v) is 11.7. The predicted octanol–water partition coefficient (Wildman–Crippen LogP) is 5.82. The Morgan fingerprint density at radius 2 is 2.00 bits per heavy atom. The number of halogens is 1. The van der Waals surface area contributed by atoms with E-state index < -0.39 is 5.82 Å². The molecule has 2 fully saturated rings. The van der Waals surface area contributed by atoms with Crippen LogP contribution in [0, 0.1) is 18.7 Å². The summed E-state index contributed by atoms with van der Waals surface area (Å²) in [7, 11) is 0. The van der Waals surface area contributed by atoms with Crippen molar-refractivity contribution < 1.29 is 14.0 Å². The molecule has 2 amide bonds. The van der Waals surface area contributed by atoms with Gasteiger partial charge in [0.15, 0.2) is 0 Å². The van der Waals surface area contributed by atoms with E-state index in [9.17, 15) is 14.0 Å². The van der Waals surface area contributed by atoms with Crippen LogP contribution < -0.4 is 10.2 Å². The van der Waals surface area contributed by atoms with E-state index in [0.29, 0.717) is 29.5 Å². The maximum atomic E-state index is 14.5. The summed E-state index contributed by atoms with van der Waals surface area (Å²) in [4.78, 5) is 26.5. The number of amides is 2. The Labute approximate surface area is 181 Å². The standard InChI is InChI=1S/C24H27FN2O2S/c1-16-9-11-20(25)21(13-16)27-23(29)15-30-24(27)18-7-4-8-19(14-18)26-22(28)12-10-17-5-2-3-6-17/h4,7-9,11,13-14,17,24H,2-3,5-6,10,12,15H2,1H3,(H,26,28). The molecule has 2 aliphatic rings. The maximum absolute atomic E-state index is 14.5. The molecule has 6 heteroatoms. The molecule has 4 nitrogen and oxygen atoms in total. The van der Waals surface area contributed by atoms with E-state index in [0.717, 1.165) is 17.5 Å². The number of hydrogen-bond donors (Lipinski definition) is 1. The monoisotopic (exact) mass is 426 g/mol. The minimum Gasteiger partial charge on any atom is -0.326 e. The van der Waals surface area contributed by atoms with E-state index in [1.165, 1.54) is 48.4 Å². The van der Waals surface area contributed by atoms with E-state index in [4.69, 9.17) is 0 Å². The van der Waals surface area contributed by atoms with Crippen molar-refractivity contribution >= 4 is 35.0 Å². The van der Waals surface area contributed by atoms with Gasteiger partial charge in [-0.05, 0) is 54.7 Å². The molecular weight excluding hydrogens is 399 g/mol. The number of thioether (sulfide) groups is 1. The molecule has 1 aliphatic heterocycles. The number of aryl methyl sites for hydroxylation is 1. The molecule has 0 aromatic heterocycles. The molecule has 1 saturated carbocycles. The van der Waals surface area contributed by atoms with Crippen LogP contribution in [0.2, 0.25) is 0 Å². The van der Waals surface area contributed by atoms with Gasteiger partial charge in [0, 0.05) is 12.1 Å². The molecule has 0 radical (unpaired) electrons. The Hall–Kier alpha value is -2.34. The molecule has 158 valence electrons. The van der Waals surface area contributed by atoms with Crippen LogP contribution in [0.1, 0.15) is 55.0 Å². The number of carbonyl (C=O) groups is 2. The van der Waals surface area contributed by atoms with Gasteiger partial charge in [-0.3, -0.25) is 14.5 Å². The Morgan fingerprint density at radius 1 is 1.20 bits per heavy atom. The zero-order valence-corrected chi connectivity index (χ0v) is 18.0. The van der Waals surface area contributed by atoms with E-state index >= 15 is 0 Å². The molecule has 1 heterocycles. The van der Waals surface area contributed by atoms with Crippen molar-refractivity contribution in [3.05, 3.63) is 59.4 Å². The molecule has 1 aliphatic carbocycles. The fraction of sp³-hybridized carbons (Fsp3) is 0.417. The van der Waals surface area contributed by atoms with Gasteiger partial charge in [-0.25, -0.2) is 4.39 Å². The lowest BCUT2D eigenvalue weighted by molar-refractivity contribution is -0.117. The summed E-state index contributed by atoms with van der Waals surface area (Å²) in [6, 6.07) is 12.4. The number of anilines is 2. The van der Waals surface area contributed by atoms with E-state index in [-0.39, 0.29) is 17.2 Å². The van der Waals surface area contributed by atoms with Gasteiger partial charge in [-0.2, -0.15) is 0 Å². The van der Waals surface area contributed by atoms with Crippen LogP contribution in [0.5, 0.6) is 0 Å². The SMILES string of the molecule is Cc1ccc(F)c(N2C(=O)CSC2c2cccc(NC(=O)CCC3CCCC3)c2)c1. The van der Waals surface area contributed by atoms with Crippen molar-refractivity contribution in [2.45, 2.75) is 50.8 Å². The second kappa shape index (κ2) is 9.21. The fourth-order valence-electron chi connectivity index (χ4n) is 4.37. The summed E-state index contributed by atoms with van der Waals surface area (Å²) in [5.74, 6) is 0.491. The fourth-order valence-corrected chi connectivity index (χ4v) is 5.52. The normalized spacial score (nSPS) is 19.5. The van der Waals surface area contributed by atoms with Crippen molar-refractivity contribution in [3.8, 4) is 0 Å². The van der Waals surface area contributed by atoms with Crippen molar-refractivity contribution in [2.24, 2.45) is 5.92 Å². The number of carbonyl (C=O) groups excluding carboxylic acids is 2. The highest BCUT2D eigenvalue weighted by molar-refractivity contribution is 8.00. The maximum Gasteiger partial charge on any atom is 0.238 e. The number of benzene rings is 2. The Kier molecular flexibility index (Phi) is 6.42. The van der Waals surface area contributed by atoms with Crippen molar-refractivity contribution in [1.82, 2.24) is 0 Å². The Morgan fingerprint density at radius 3 is 2.80 bits per heavy atom. The molecule has 2 aromatic rings. The zero-order chi connectivity index (χ0) is 21.1. The van der Waals surface area contributed by atoms with Crippen molar-refractivity contribution in [2.75, 3.05) is 16.0 Å². The van der Waals surface area contributed by atoms with Crippen LogP contribution in [0.3, 0.4) is 0 Å². The smallest absolute Gasteiger partial charge is 0.238 e. The first-order chi connectivity index (χ1) is 14.5. The van der Waals surface area contributed by atoms with Gasteiger partial charge < -0.3 is 5.32 Å². The molecule has 1 atom stereocenters. The van der Waals surface area contributed by atoms with Gasteiger partial charge in [0.05, 0.1) is 11.4 Å². The minimum atomic E-state index is -0.405. The lowest BCUT2D eigenvalue weighted by atomic mass is 10.0. The zero-order valence-electron chi connectivity index (χ0n) is 17.2. The lowest BCUT2D eigenvalue weighted by Crippen LogP contribution is -2.28. The first kappa shape index (κ1) is 20.9. The lowest BCUT2D eigenvalue weighted by Gasteiger charge is -2.25. The highest BCUT2D eigenvalue weighted by Crippen LogP contribution is 2.43.